The smallest absolute Gasteiger partial charge is 0.462 e. The quantitative estimate of drug-likeness (QED) is 0.0169. The van der Waals surface area contributed by atoms with Crippen molar-refractivity contribution in [2.75, 3.05) is 39.6 Å². The Morgan fingerprint density at radius 2 is 0.590 bits per heavy atom. The van der Waals surface area contributed by atoms with Gasteiger partial charge < -0.3 is 33.8 Å². The summed E-state index contributed by atoms with van der Waals surface area (Å²) in [5.74, 6) is -2.41. The van der Waals surface area contributed by atoms with Crippen molar-refractivity contribution < 1.29 is 80.2 Å². The van der Waals surface area contributed by atoms with Crippen LogP contribution in [0.15, 0.2) is 146 Å². The number of aliphatic hydroxyl groups is 1. The topological polar surface area (TPSA) is 237 Å². The van der Waals surface area contributed by atoms with Crippen LogP contribution in [0.2, 0.25) is 0 Å². The SMILES string of the molecule is CC/C=C\C/C=C\C/C=C\C/C=C\C/C=C\CCCC(=O)OCC(COP(=O)(O)OCC(O)COP(=O)(O)OCC(COC(=O)C/C=C\C/C=C\C/C=C\C/C=C\C/C=C\CC)OC(=O)CCCCCCCCCCCCCCCCC)OC(=O)CCCCCCC/C=C\C/C=C\CCC. The summed E-state index contributed by atoms with van der Waals surface area (Å²) < 4.78 is 68.3. The van der Waals surface area contributed by atoms with Crippen molar-refractivity contribution in [1.29, 1.82) is 0 Å². The third kappa shape index (κ3) is 71.3. The van der Waals surface area contributed by atoms with Gasteiger partial charge in [-0.3, -0.25) is 37.3 Å². The number of phosphoric acid groups is 2. The molecule has 0 radical (unpaired) electrons. The third-order valence-corrected chi connectivity index (χ3v) is 17.2. The van der Waals surface area contributed by atoms with Gasteiger partial charge >= 0.3 is 39.5 Å². The number of hydrogen-bond acceptors (Lipinski definition) is 15. The molecule has 0 amide bonds. The van der Waals surface area contributed by atoms with Crippen LogP contribution in [0.25, 0.3) is 0 Å². The van der Waals surface area contributed by atoms with Crippen molar-refractivity contribution in [3.05, 3.63) is 146 Å². The number of ether oxygens (including phenoxy) is 4. The van der Waals surface area contributed by atoms with E-state index in [0.717, 1.165) is 135 Å². The van der Waals surface area contributed by atoms with Gasteiger partial charge in [-0.1, -0.05) is 289 Å². The highest BCUT2D eigenvalue weighted by Gasteiger charge is 2.30. The van der Waals surface area contributed by atoms with E-state index in [1.165, 1.54) is 64.2 Å². The Bertz CT molecular complexity index is 2470. The van der Waals surface area contributed by atoms with Gasteiger partial charge in [0.15, 0.2) is 12.2 Å². The minimum Gasteiger partial charge on any atom is -0.462 e. The molecule has 0 aromatic heterocycles. The van der Waals surface area contributed by atoms with E-state index in [0.29, 0.717) is 32.1 Å². The molecule has 17 nitrogen and oxygen atoms in total. The second-order valence-corrected chi connectivity index (χ2v) is 27.8. The van der Waals surface area contributed by atoms with Crippen LogP contribution < -0.4 is 0 Å². The molecular weight excluding hydrogens is 1310 g/mol. The fraction of sp³-hybridized carbons (Fsp3) is 0.654. The number of aliphatic hydroxyl groups excluding tert-OH is 1. The van der Waals surface area contributed by atoms with Gasteiger partial charge in [-0.25, -0.2) is 9.13 Å². The van der Waals surface area contributed by atoms with Crippen LogP contribution in [0.1, 0.15) is 285 Å². The highest BCUT2D eigenvalue weighted by molar-refractivity contribution is 7.47. The first kappa shape index (κ1) is 94.9. The lowest BCUT2D eigenvalue weighted by Gasteiger charge is -2.21. The van der Waals surface area contributed by atoms with Crippen LogP contribution in [0, 0.1) is 0 Å². The molecule has 3 N–H and O–H groups in total. The second kappa shape index (κ2) is 72.3. The van der Waals surface area contributed by atoms with Crippen molar-refractivity contribution in [1.82, 2.24) is 0 Å². The molecule has 100 heavy (non-hydrogen) atoms. The highest BCUT2D eigenvalue weighted by atomic mass is 31.2. The van der Waals surface area contributed by atoms with Gasteiger partial charge in [0.05, 0.1) is 32.8 Å². The molecule has 0 spiro atoms. The minimum absolute atomic E-state index is 0.0604. The first-order chi connectivity index (χ1) is 48.7. The molecule has 19 heteroatoms. The summed E-state index contributed by atoms with van der Waals surface area (Å²) in [5, 5.41) is 10.6. The Morgan fingerprint density at radius 3 is 0.960 bits per heavy atom. The van der Waals surface area contributed by atoms with E-state index in [9.17, 15) is 43.2 Å². The Balaban J connectivity index is 5.47. The first-order valence-electron chi connectivity index (χ1n) is 38.1. The second-order valence-electron chi connectivity index (χ2n) is 24.8. The van der Waals surface area contributed by atoms with E-state index in [-0.39, 0.29) is 25.7 Å². The molecule has 5 unspecified atom stereocenters. The molecule has 0 heterocycles. The van der Waals surface area contributed by atoms with Gasteiger partial charge in [0.1, 0.15) is 19.3 Å². The molecule has 0 aliphatic carbocycles. The largest absolute Gasteiger partial charge is 0.472 e. The number of hydrogen-bond donors (Lipinski definition) is 3. The van der Waals surface area contributed by atoms with E-state index < -0.39 is 97.5 Å². The number of allylic oxidation sites excluding steroid dienone is 23. The molecule has 0 saturated heterocycles. The van der Waals surface area contributed by atoms with Crippen LogP contribution in [-0.2, 0) is 65.4 Å². The lowest BCUT2D eigenvalue weighted by Crippen LogP contribution is -2.30. The Hall–Kier alpha value is -5.06. The summed E-state index contributed by atoms with van der Waals surface area (Å²) in [4.78, 5) is 72.8. The molecule has 0 aliphatic heterocycles. The van der Waals surface area contributed by atoms with E-state index in [1.807, 2.05) is 30.4 Å². The molecule has 0 rings (SSSR count). The van der Waals surface area contributed by atoms with Crippen LogP contribution >= 0.6 is 15.6 Å². The van der Waals surface area contributed by atoms with Crippen LogP contribution in [-0.4, -0.2) is 96.7 Å². The standard InChI is InChI=1S/C81H134O17P2/c1-5-9-13-17-21-25-29-33-36-37-40-43-46-50-54-58-62-66-79(84)92-71-76(97-80(85)67-63-59-55-51-47-41-32-28-24-20-16-12-8-4)73-95-99(87,88)93-69-75(82)70-94-100(89,90)96-74-77(98-81(86)68-64-60-56-52-48-44-39-35-31-27-23-19-15-11-7-3)72-91-78(83)65-61-57-53-49-45-42-38-34-30-26-22-18-14-10-6-2/h9-10,13-14,16,20-22,25-26,28,32-34,36,38,40,43,45,49-50,54,57,61,75-77,82H,5-8,11-12,15,17-19,23-24,27,29-31,35,37,39,41-42,44,46-48,51-53,55-56,58-60,62-74H2,1-4H3,(H,87,88)(H,89,90)/b13-9-,14-10-,20-16-,25-21-,26-22-,32-28-,36-33-,38-34-,43-40-,49-45-,54-50-,61-57-. The Morgan fingerprint density at radius 1 is 0.300 bits per heavy atom. The number of phosphoric ester groups is 2. The zero-order valence-corrected chi connectivity index (χ0v) is 63.9. The lowest BCUT2D eigenvalue weighted by molar-refractivity contribution is -0.161. The fourth-order valence-electron chi connectivity index (χ4n) is 9.60. The van der Waals surface area contributed by atoms with E-state index in [4.69, 9.17) is 37.0 Å². The average molecular weight is 1440 g/mol. The predicted molar refractivity (Wildman–Crippen MR) is 408 cm³/mol. The zero-order chi connectivity index (χ0) is 73.2. The molecule has 0 bridgehead atoms. The summed E-state index contributed by atoms with van der Waals surface area (Å²) in [6.45, 7) is 4.38. The van der Waals surface area contributed by atoms with E-state index in [2.05, 4.69) is 137 Å². The summed E-state index contributed by atoms with van der Waals surface area (Å²) in [6.07, 6.45) is 81.6. The van der Waals surface area contributed by atoms with Gasteiger partial charge in [-0.05, 0) is 116 Å². The van der Waals surface area contributed by atoms with Crippen molar-refractivity contribution in [2.45, 2.75) is 303 Å². The van der Waals surface area contributed by atoms with Crippen molar-refractivity contribution >= 4 is 39.5 Å². The number of esters is 4. The number of unbranched alkanes of at least 4 members (excludes halogenated alkanes) is 21. The molecule has 0 aromatic rings. The van der Waals surface area contributed by atoms with E-state index in [1.54, 1.807) is 6.08 Å². The van der Waals surface area contributed by atoms with Gasteiger partial charge in [0.2, 0.25) is 0 Å². The summed E-state index contributed by atoms with van der Waals surface area (Å²) in [6, 6.07) is 0. The molecule has 570 valence electrons. The first-order valence-corrected chi connectivity index (χ1v) is 41.1. The summed E-state index contributed by atoms with van der Waals surface area (Å²) in [7, 11) is -10.00. The Kier molecular flexibility index (Phi) is 68.6. The minimum atomic E-state index is -5.00. The van der Waals surface area contributed by atoms with Gasteiger partial charge in [0, 0.05) is 19.3 Å². The van der Waals surface area contributed by atoms with Crippen molar-refractivity contribution in [3.8, 4) is 0 Å². The number of rotatable bonds is 70. The van der Waals surface area contributed by atoms with Crippen molar-refractivity contribution in [3.63, 3.8) is 0 Å². The molecule has 0 saturated carbocycles. The maximum Gasteiger partial charge on any atom is 0.472 e. The molecule has 0 aliphatic rings. The maximum absolute atomic E-state index is 13.1. The van der Waals surface area contributed by atoms with Gasteiger partial charge in [0.25, 0.3) is 0 Å². The zero-order valence-electron chi connectivity index (χ0n) is 62.1. The Labute approximate surface area is 605 Å². The van der Waals surface area contributed by atoms with Gasteiger partial charge in [-0.2, -0.15) is 0 Å². The van der Waals surface area contributed by atoms with Crippen molar-refractivity contribution in [2.24, 2.45) is 0 Å². The van der Waals surface area contributed by atoms with Gasteiger partial charge in [-0.15, -0.1) is 0 Å². The maximum atomic E-state index is 13.1. The highest BCUT2D eigenvalue weighted by Crippen LogP contribution is 2.45. The molecule has 0 fully saturated rings. The monoisotopic (exact) mass is 1440 g/mol. The third-order valence-electron chi connectivity index (χ3n) is 15.3. The van der Waals surface area contributed by atoms with Crippen LogP contribution in [0.5, 0.6) is 0 Å². The van der Waals surface area contributed by atoms with Crippen LogP contribution in [0.4, 0.5) is 0 Å². The molecular formula is C81H134O17P2. The number of carbonyl (C=O) groups excluding carboxylic acids is 4. The molecule has 5 atom stereocenters. The summed E-state index contributed by atoms with van der Waals surface area (Å²) in [5.41, 5.74) is 0. The normalized spacial score (nSPS) is 14.8. The lowest BCUT2D eigenvalue weighted by atomic mass is 10.0. The number of carbonyl (C=O) groups is 4. The average Bonchev–Trinajstić information content (AvgIpc) is 0.965. The van der Waals surface area contributed by atoms with E-state index >= 15 is 0 Å². The van der Waals surface area contributed by atoms with Crippen LogP contribution in [0.3, 0.4) is 0 Å². The summed E-state index contributed by atoms with van der Waals surface area (Å²) >= 11 is 0. The molecule has 0 aromatic carbocycles. The fourth-order valence-corrected chi connectivity index (χ4v) is 11.2. The predicted octanol–water partition coefficient (Wildman–Crippen LogP) is 21.9.